The highest BCUT2D eigenvalue weighted by Crippen LogP contribution is 2.09. The van der Waals surface area contributed by atoms with Crippen LogP contribution in [0.1, 0.15) is 12.8 Å². The molecule has 2 amide bonds. The first-order valence-electron chi connectivity index (χ1n) is 6.53. The standard InChI is InChI=1S/C12H21N3O5/c1-13-10(16)6-15-4-2-9(3-5-15)14-11(17)7-20-8-12(18)19/h9H,2-8H2,1H3,(H,13,16)(H,14,17)(H,18,19). The zero-order chi connectivity index (χ0) is 15.0. The van der Waals surface area contributed by atoms with Gasteiger partial charge in [-0.3, -0.25) is 14.5 Å². The second-order valence-corrected chi connectivity index (χ2v) is 4.68. The number of carbonyl (C=O) groups excluding carboxylic acids is 2. The van der Waals surface area contributed by atoms with E-state index in [1.807, 2.05) is 4.90 Å². The first kappa shape index (κ1) is 16.4. The number of nitrogens with zero attached hydrogens (tertiary/aromatic N) is 1. The minimum absolute atomic E-state index is 0.0189. The van der Waals surface area contributed by atoms with Gasteiger partial charge in [-0.15, -0.1) is 0 Å². The molecule has 3 N–H and O–H groups in total. The minimum Gasteiger partial charge on any atom is -0.480 e. The van der Waals surface area contributed by atoms with Crippen LogP contribution in [0.15, 0.2) is 0 Å². The van der Waals surface area contributed by atoms with Gasteiger partial charge in [-0.2, -0.15) is 0 Å². The molecule has 1 aliphatic rings. The van der Waals surface area contributed by atoms with Crippen LogP contribution in [-0.4, -0.2) is 73.7 Å². The van der Waals surface area contributed by atoms with Gasteiger partial charge in [-0.1, -0.05) is 0 Å². The topological polar surface area (TPSA) is 108 Å². The van der Waals surface area contributed by atoms with E-state index < -0.39 is 12.6 Å². The molecule has 1 saturated heterocycles. The number of likely N-dealkylation sites (tertiary alicyclic amines) is 1. The third-order valence-corrected chi connectivity index (χ3v) is 3.06. The van der Waals surface area contributed by atoms with E-state index >= 15 is 0 Å². The molecule has 0 saturated carbocycles. The van der Waals surface area contributed by atoms with Gasteiger partial charge < -0.3 is 20.5 Å². The number of nitrogens with one attached hydrogen (secondary N) is 2. The summed E-state index contributed by atoms with van der Waals surface area (Å²) in [5, 5.41) is 13.7. The Hall–Kier alpha value is -1.67. The van der Waals surface area contributed by atoms with E-state index in [2.05, 4.69) is 10.6 Å². The zero-order valence-electron chi connectivity index (χ0n) is 11.6. The molecule has 20 heavy (non-hydrogen) atoms. The quantitative estimate of drug-likeness (QED) is 0.521. The van der Waals surface area contributed by atoms with E-state index in [9.17, 15) is 14.4 Å². The normalized spacial score (nSPS) is 16.6. The maximum Gasteiger partial charge on any atom is 0.329 e. The van der Waals surface area contributed by atoms with Crippen molar-refractivity contribution in [3.8, 4) is 0 Å². The molecule has 0 radical (unpaired) electrons. The number of carbonyl (C=O) groups is 3. The molecule has 0 spiro atoms. The van der Waals surface area contributed by atoms with Gasteiger partial charge in [0.1, 0.15) is 13.2 Å². The van der Waals surface area contributed by atoms with E-state index in [0.717, 1.165) is 25.9 Å². The van der Waals surface area contributed by atoms with Gasteiger partial charge >= 0.3 is 5.97 Å². The van der Waals surface area contributed by atoms with Crippen LogP contribution < -0.4 is 10.6 Å². The summed E-state index contributed by atoms with van der Waals surface area (Å²) in [4.78, 5) is 35.0. The van der Waals surface area contributed by atoms with Crippen molar-refractivity contribution in [1.82, 2.24) is 15.5 Å². The highest BCUT2D eigenvalue weighted by Gasteiger charge is 2.21. The van der Waals surface area contributed by atoms with E-state index in [1.54, 1.807) is 7.05 Å². The fraction of sp³-hybridized carbons (Fsp3) is 0.750. The van der Waals surface area contributed by atoms with Gasteiger partial charge in [-0.25, -0.2) is 4.79 Å². The van der Waals surface area contributed by atoms with Crippen LogP contribution in [-0.2, 0) is 19.1 Å². The van der Waals surface area contributed by atoms with Gasteiger partial charge in [0.25, 0.3) is 0 Å². The van der Waals surface area contributed by atoms with Crippen LogP contribution in [0.25, 0.3) is 0 Å². The van der Waals surface area contributed by atoms with Crippen molar-refractivity contribution >= 4 is 17.8 Å². The molecule has 8 heteroatoms. The van der Waals surface area contributed by atoms with Crippen molar-refractivity contribution < 1.29 is 24.2 Å². The number of amides is 2. The first-order chi connectivity index (χ1) is 9.51. The van der Waals surface area contributed by atoms with Gasteiger partial charge in [0.2, 0.25) is 11.8 Å². The van der Waals surface area contributed by atoms with E-state index in [-0.39, 0.29) is 24.5 Å². The molecule has 0 bridgehead atoms. The number of piperidine rings is 1. The molecule has 114 valence electrons. The predicted octanol–water partition coefficient (Wildman–Crippen LogP) is -1.59. The van der Waals surface area contributed by atoms with E-state index in [4.69, 9.17) is 9.84 Å². The lowest BCUT2D eigenvalue weighted by atomic mass is 10.1. The van der Waals surface area contributed by atoms with Gasteiger partial charge in [0, 0.05) is 26.2 Å². The summed E-state index contributed by atoms with van der Waals surface area (Å²) >= 11 is 0. The Balaban J connectivity index is 2.16. The molecule has 8 nitrogen and oxygen atoms in total. The molecule has 1 heterocycles. The highest BCUT2D eigenvalue weighted by atomic mass is 16.5. The van der Waals surface area contributed by atoms with E-state index in [1.165, 1.54) is 0 Å². The van der Waals surface area contributed by atoms with Crippen molar-refractivity contribution in [2.24, 2.45) is 0 Å². The minimum atomic E-state index is -1.10. The number of hydrogen-bond donors (Lipinski definition) is 3. The number of carboxylic acid groups (broad SMARTS) is 1. The van der Waals surface area contributed by atoms with Crippen molar-refractivity contribution in [1.29, 1.82) is 0 Å². The zero-order valence-corrected chi connectivity index (χ0v) is 11.6. The van der Waals surface area contributed by atoms with Crippen molar-refractivity contribution in [2.45, 2.75) is 18.9 Å². The van der Waals surface area contributed by atoms with Crippen molar-refractivity contribution in [3.63, 3.8) is 0 Å². The molecule has 1 fully saturated rings. The van der Waals surface area contributed by atoms with Crippen LogP contribution in [0.5, 0.6) is 0 Å². The van der Waals surface area contributed by atoms with Crippen LogP contribution in [0, 0.1) is 0 Å². The van der Waals surface area contributed by atoms with E-state index in [0.29, 0.717) is 6.54 Å². The second-order valence-electron chi connectivity index (χ2n) is 4.68. The summed E-state index contributed by atoms with van der Waals surface area (Å²) in [6, 6.07) is 0.0527. The maximum absolute atomic E-state index is 11.5. The average molecular weight is 287 g/mol. The summed E-state index contributed by atoms with van der Waals surface area (Å²) in [5.41, 5.74) is 0. The molecule has 0 aromatic rings. The maximum atomic E-state index is 11.5. The molecule has 1 aliphatic heterocycles. The molecule has 0 aromatic heterocycles. The Kier molecular flexibility index (Phi) is 6.96. The Morgan fingerprint density at radius 3 is 2.40 bits per heavy atom. The van der Waals surface area contributed by atoms with Crippen molar-refractivity contribution in [3.05, 3.63) is 0 Å². The summed E-state index contributed by atoms with van der Waals surface area (Å²) in [5.74, 6) is -1.43. The molecule has 1 rings (SSSR count). The lowest BCUT2D eigenvalue weighted by Crippen LogP contribution is -2.47. The Morgan fingerprint density at radius 2 is 1.85 bits per heavy atom. The lowest BCUT2D eigenvalue weighted by molar-refractivity contribution is -0.143. The fourth-order valence-corrected chi connectivity index (χ4v) is 2.02. The summed E-state index contributed by atoms with van der Waals surface area (Å²) < 4.78 is 4.71. The molecule has 0 aliphatic carbocycles. The number of hydrogen-bond acceptors (Lipinski definition) is 5. The summed E-state index contributed by atoms with van der Waals surface area (Å²) in [6.07, 6.45) is 1.53. The third kappa shape index (κ3) is 6.48. The average Bonchev–Trinajstić information content (AvgIpc) is 2.40. The molecular weight excluding hydrogens is 266 g/mol. The van der Waals surface area contributed by atoms with Crippen molar-refractivity contribution in [2.75, 3.05) is 39.9 Å². The van der Waals surface area contributed by atoms with Gasteiger partial charge in [0.15, 0.2) is 0 Å². The monoisotopic (exact) mass is 287 g/mol. The smallest absolute Gasteiger partial charge is 0.329 e. The number of likely N-dealkylation sites (N-methyl/N-ethyl adjacent to an activating group) is 1. The molecule has 0 unspecified atom stereocenters. The number of carboxylic acids is 1. The van der Waals surface area contributed by atoms with Gasteiger partial charge in [-0.05, 0) is 12.8 Å². The Bertz CT molecular complexity index is 353. The number of rotatable bonds is 7. The summed E-state index contributed by atoms with van der Waals surface area (Å²) in [6.45, 7) is 1.14. The highest BCUT2D eigenvalue weighted by molar-refractivity contribution is 5.78. The SMILES string of the molecule is CNC(=O)CN1CCC(NC(=O)COCC(=O)O)CC1. The third-order valence-electron chi connectivity index (χ3n) is 3.06. The van der Waals surface area contributed by atoms with Crippen LogP contribution in [0.4, 0.5) is 0 Å². The second kappa shape index (κ2) is 8.49. The van der Waals surface area contributed by atoms with Crippen LogP contribution in [0.2, 0.25) is 0 Å². The molecule has 0 atom stereocenters. The van der Waals surface area contributed by atoms with Gasteiger partial charge in [0.05, 0.1) is 6.54 Å². The largest absolute Gasteiger partial charge is 0.480 e. The Labute approximate surface area is 117 Å². The lowest BCUT2D eigenvalue weighted by Gasteiger charge is -2.31. The molecular formula is C12H21N3O5. The van der Waals surface area contributed by atoms with Crippen LogP contribution in [0.3, 0.4) is 0 Å². The van der Waals surface area contributed by atoms with Crippen LogP contribution >= 0.6 is 0 Å². The summed E-state index contributed by atoms with van der Waals surface area (Å²) in [7, 11) is 1.60. The predicted molar refractivity (Wildman–Crippen MR) is 70.1 cm³/mol. The Morgan fingerprint density at radius 1 is 1.20 bits per heavy atom. The first-order valence-corrected chi connectivity index (χ1v) is 6.53. The fourth-order valence-electron chi connectivity index (χ4n) is 2.02. The molecule has 0 aromatic carbocycles. The number of ether oxygens (including phenoxy) is 1. The number of aliphatic carboxylic acids is 1.